The summed E-state index contributed by atoms with van der Waals surface area (Å²) in [4.78, 5) is 27.7. The monoisotopic (exact) mass is 342 g/mol. The van der Waals surface area contributed by atoms with Gasteiger partial charge >= 0.3 is 0 Å². The smallest absolute Gasteiger partial charge is 0.255 e. The van der Waals surface area contributed by atoms with Crippen LogP contribution in [0.3, 0.4) is 0 Å². The zero-order chi connectivity index (χ0) is 17.1. The number of hydrogen-bond donors (Lipinski definition) is 0. The van der Waals surface area contributed by atoms with Gasteiger partial charge in [0, 0.05) is 33.1 Å². The third kappa shape index (κ3) is 3.44. The van der Waals surface area contributed by atoms with Crippen LogP contribution in [0.4, 0.5) is 0 Å². The highest BCUT2D eigenvalue weighted by Gasteiger charge is 2.24. The predicted octanol–water partition coefficient (Wildman–Crippen LogP) is 3.31. The van der Waals surface area contributed by atoms with Crippen LogP contribution in [-0.2, 0) is 4.79 Å². The topological polar surface area (TPSA) is 40.6 Å². The zero-order valence-corrected chi connectivity index (χ0v) is 14.3. The van der Waals surface area contributed by atoms with Gasteiger partial charge in [-0.05, 0) is 23.3 Å². The van der Waals surface area contributed by atoms with Crippen molar-refractivity contribution in [3.63, 3.8) is 0 Å². The summed E-state index contributed by atoms with van der Waals surface area (Å²) >= 11 is 6.26. The molecule has 2 amide bonds. The van der Waals surface area contributed by atoms with E-state index in [0.717, 1.165) is 11.1 Å². The first-order valence-electron chi connectivity index (χ1n) is 7.96. The molecule has 5 heteroatoms. The molecule has 0 unspecified atom stereocenters. The molecule has 0 bridgehead atoms. The first-order chi connectivity index (χ1) is 11.6. The number of benzene rings is 2. The molecule has 2 aromatic carbocycles. The molecular formula is C19H19ClN2O2. The standard InChI is InChI=1S/C19H19ClN2O2/c1-14(23)21-9-11-22(12-10-21)19(24)17-13-16(7-8-18(17)20)15-5-3-2-4-6-15/h2-8,13H,9-12H2,1H3. The van der Waals surface area contributed by atoms with Crippen LogP contribution in [0.1, 0.15) is 17.3 Å². The van der Waals surface area contributed by atoms with E-state index in [-0.39, 0.29) is 11.8 Å². The molecule has 1 fully saturated rings. The first kappa shape index (κ1) is 16.5. The minimum atomic E-state index is -0.0824. The maximum atomic E-state index is 12.8. The molecule has 4 nitrogen and oxygen atoms in total. The molecule has 0 spiro atoms. The molecule has 0 radical (unpaired) electrons. The van der Waals surface area contributed by atoms with E-state index in [1.807, 2.05) is 42.5 Å². The summed E-state index contributed by atoms with van der Waals surface area (Å²) in [6, 6.07) is 15.4. The summed E-state index contributed by atoms with van der Waals surface area (Å²) in [6.07, 6.45) is 0. The maximum absolute atomic E-state index is 12.8. The van der Waals surface area contributed by atoms with Crippen LogP contribution in [0.2, 0.25) is 5.02 Å². The quantitative estimate of drug-likeness (QED) is 0.840. The third-order valence-corrected chi connectivity index (χ3v) is 4.65. The fourth-order valence-electron chi connectivity index (χ4n) is 2.89. The highest BCUT2D eigenvalue weighted by Crippen LogP contribution is 2.26. The number of hydrogen-bond acceptors (Lipinski definition) is 2. The highest BCUT2D eigenvalue weighted by atomic mass is 35.5. The average molecular weight is 343 g/mol. The van der Waals surface area contributed by atoms with Crippen LogP contribution in [0.5, 0.6) is 0 Å². The molecule has 3 rings (SSSR count). The van der Waals surface area contributed by atoms with E-state index >= 15 is 0 Å². The van der Waals surface area contributed by atoms with Crippen molar-refractivity contribution < 1.29 is 9.59 Å². The van der Waals surface area contributed by atoms with Crippen molar-refractivity contribution in [2.24, 2.45) is 0 Å². The molecular weight excluding hydrogens is 324 g/mol. The SMILES string of the molecule is CC(=O)N1CCN(C(=O)c2cc(-c3ccccc3)ccc2Cl)CC1. The number of amides is 2. The van der Waals surface area contributed by atoms with Crippen molar-refractivity contribution in [1.82, 2.24) is 9.80 Å². The second-order valence-corrected chi connectivity index (χ2v) is 6.27. The Labute approximate surface area is 146 Å². The number of nitrogens with zero attached hydrogens (tertiary/aromatic N) is 2. The summed E-state index contributed by atoms with van der Waals surface area (Å²) in [5, 5.41) is 0.452. The summed E-state index contributed by atoms with van der Waals surface area (Å²) in [7, 11) is 0. The van der Waals surface area contributed by atoms with Gasteiger partial charge in [0.25, 0.3) is 5.91 Å². The minimum Gasteiger partial charge on any atom is -0.339 e. The van der Waals surface area contributed by atoms with Gasteiger partial charge in [-0.3, -0.25) is 9.59 Å². The molecule has 1 saturated heterocycles. The van der Waals surface area contributed by atoms with Crippen molar-refractivity contribution in [1.29, 1.82) is 0 Å². The van der Waals surface area contributed by atoms with Gasteiger partial charge in [0.2, 0.25) is 5.91 Å². The molecule has 2 aromatic rings. The van der Waals surface area contributed by atoms with E-state index < -0.39 is 0 Å². The Morgan fingerprint density at radius 3 is 2.12 bits per heavy atom. The minimum absolute atomic E-state index is 0.0474. The first-order valence-corrected chi connectivity index (χ1v) is 8.34. The van der Waals surface area contributed by atoms with E-state index in [2.05, 4.69) is 0 Å². The van der Waals surface area contributed by atoms with Crippen molar-refractivity contribution in [3.05, 3.63) is 59.1 Å². The summed E-state index contributed by atoms with van der Waals surface area (Å²) in [5.41, 5.74) is 2.52. The second-order valence-electron chi connectivity index (χ2n) is 5.86. The lowest BCUT2D eigenvalue weighted by Crippen LogP contribution is -2.50. The van der Waals surface area contributed by atoms with Gasteiger partial charge in [-0.2, -0.15) is 0 Å². The number of carbonyl (C=O) groups is 2. The normalized spacial score (nSPS) is 14.6. The Morgan fingerprint density at radius 1 is 0.875 bits per heavy atom. The lowest BCUT2D eigenvalue weighted by Gasteiger charge is -2.34. The Bertz CT molecular complexity index is 753. The summed E-state index contributed by atoms with van der Waals surface area (Å²) < 4.78 is 0. The molecule has 24 heavy (non-hydrogen) atoms. The van der Waals surface area contributed by atoms with Crippen LogP contribution in [-0.4, -0.2) is 47.8 Å². The number of piperazine rings is 1. The van der Waals surface area contributed by atoms with Gasteiger partial charge < -0.3 is 9.80 Å². The van der Waals surface area contributed by atoms with Gasteiger partial charge in [-0.25, -0.2) is 0 Å². The van der Waals surface area contributed by atoms with Crippen molar-refractivity contribution in [3.8, 4) is 11.1 Å². The summed E-state index contributed by atoms with van der Waals surface area (Å²) in [5.74, 6) is -0.0350. The fourth-order valence-corrected chi connectivity index (χ4v) is 3.09. The number of carbonyl (C=O) groups excluding carboxylic acids is 2. The summed E-state index contributed by atoms with van der Waals surface area (Å²) in [6.45, 7) is 3.75. The van der Waals surface area contributed by atoms with Gasteiger partial charge in [-0.1, -0.05) is 48.0 Å². The van der Waals surface area contributed by atoms with E-state index in [4.69, 9.17) is 11.6 Å². The molecule has 0 atom stereocenters. The molecule has 1 aliphatic heterocycles. The lowest BCUT2D eigenvalue weighted by molar-refractivity contribution is -0.130. The zero-order valence-electron chi connectivity index (χ0n) is 13.5. The van der Waals surface area contributed by atoms with Crippen LogP contribution < -0.4 is 0 Å². The molecule has 0 saturated carbocycles. The Kier molecular flexibility index (Phi) is 4.86. The van der Waals surface area contributed by atoms with Crippen molar-refractivity contribution in [2.75, 3.05) is 26.2 Å². The molecule has 124 valence electrons. The molecule has 1 heterocycles. The number of halogens is 1. The van der Waals surface area contributed by atoms with Gasteiger partial charge in [0.15, 0.2) is 0 Å². The van der Waals surface area contributed by atoms with Crippen LogP contribution in [0.15, 0.2) is 48.5 Å². The molecule has 0 N–H and O–H groups in total. The van der Waals surface area contributed by atoms with Gasteiger partial charge in [0.1, 0.15) is 0 Å². The fraction of sp³-hybridized carbons (Fsp3) is 0.263. The van der Waals surface area contributed by atoms with E-state index in [1.165, 1.54) is 0 Å². The van der Waals surface area contributed by atoms with Crippen molar-refractivity contribution >= 4 is 23.4 Å². The molecule has 1 aliphatic rings. The molecule has 0 aliphatic carbocycles. The van der Waals surface area contributed by atoms with Crippen molar-refractivity contribution in [2.45, 2.75) is 6.92 Å². The lowest BCUT2D eigenvalue weighted by atomic mass is 10.0. The van der Waals surface area contributed by atoms with Gasteiger partial charge in [-0.15, -0.1) is 0 Å². The Hall–Kier alpha value is -2.33. The largest absolute Gasteiger partial charge is 0.339 e. The Balaban J connectivity index is 1.81. The van der Waals surface area contributed by atoms with Crippen LogP contribution in [0.25, 0.3) is 11.1 Å². The Morgan fingerprint density at radius 2 is 1.50 bits per heavy atom. The van der Waals surface area contributed by atoms with Gasteiger partial charge in [0.05, 0.1) is 10.6 Å². The molecule has 0 aromatic heterocycles. The predicted molar refractivity (Wildman–Crippen MR) is 95.0 cm³/mol. The van der Waals surface area contributed by atoms with E-state index in [9.17, 15) is 9.59 Å². The van der Waals surface area contributed by atoms with Crippen LogP contribution in [0, 0.1) is 0 Å². The van der Waals surface area contributed by atoms with E-state index in [1.54, 1.807) is 22.8 Å². The average Bonchev–Trinajstić information content (AvgIpc) is 2.62. The highest BCUT2D eigenvalue weighted by molar-refractivity contribution is 6.34. The van der Waals surface area contributed by atoms with Crippen LogP contribution >= 0.6 is 11.6 Å². The third-order valence-electron chi connectivity index (χ3n) is 4.32. The van der Waals surface area contributed by atoms with E-state index in [0.29, 0.717) is 36.8 Å². The number of rotatable bonds is 2. The second kappa shape index (κ2) is 7.05. The maximum Gasteiger partial charge on any atom is 0.255 e.